The molecule has 0 unspecified atom stereocenters. The van der Waals surface area contributed by atoms with Crippen LogP contribution in [-0.4, -0.2) is 42.0 Å². The van der Waals surface area contributed by atoms with Crippen molar-refractivity contribution in [2.75, 3.05) is 26.8 Å². The van der Waals surface area contributed by atoms with E-state index in [0.717, 1.165) is 19.5 Å². The van der Waals surface area contributed by atoms with Crippen LogP contribution in [0.4, 0.5) is 0 Å². The Balaban J connectivity index is 2.23. The van der Waals surface area contributed by atoms with Gasteiger partial charge in [0, 0.05) is 13.1 Å². The zero-order valence-electron chi connectivity index (χ0n) is 5.17. The number of hydroxylamine groups is 2. The fraction of sp³-hybridized carbons (Fsp3) is 1.00. The second-order valence-electron chi connectivity index (χ2n) is 2.30. The highest BCUT2D eigenvalue weighted by molar-refractivity contribution is 4.57. The fourth-order valence-corrected chi connectivity index (χ4v) is 0.943. The van der Waals surface area contributed by atoms with E-state index < -0.39 is 0 Å². The summed E-state index contributed by atoms with van der Waals surface area (Å²) in [5.74, 6) is 0. The molecule has 3 heteroatoms. The Bertz CT molecular complexity index is 68.8. The standard InChI is InChI=1S/C5H12N2O/c1-6-3-2-4-7(8)5-6/h8H,2-5H2,1H3. The third-order valence-electron chi connectivity index (χ3n) is 1.36. The first kappa shape index (κ1) is 6.01. The van der Waals surface area contributed by atoms with Crippen molar-refractivity contribution in [3.05, 3.63) is 0 Å². The third kappa shape index (κ3) is 1.43. The van der Waals surface area contributed by atoms with Crippen LogP contribution >= 0.6 is 0 Å². The molecule has 3 nitrogen and oxygen atoms in total. The quantitative estimate of drug-likeness (QED) is 0.481. The predicted molar refractivity (Wildman–Crippen MR) is 30.6 cm³/mol. The second-order valence-corrected chi connectivity index (χ2v) is 2.30. The molecule has 8 heavy (non-hydrogen) atoms. The predicted octanol–water partition coefficient (Wildman–Crippen LogP) is -0.0294. The van der Waals surface area contributed by atoms with Crippen molar-refractivity contribution in [3.8, 4) is 0 Å². The maximum Gasteiger partial charge on any atom is 0.0751 e. The van der Waals surface area contributed by atoms with Crippen LogP contribution in [0.25, 0.3) is 0 Å². The monoisotopic (exact) mass is 116 g/mol. The molecule has 1 aliphatic rings. The van der Waals surface area contributed by atoms with Gasteiger partial charge in [-0.05, 0) is 13.5 Å². The zero-order chi connectivity index (χ0) is 5.98. The van der Waals surface area contributed by atoms with Gasteiger partial charge in [-0.2, -0.15) is 5.06 Å². The van der Waals surface area contributed by atoms with E-state index in [2.05, 4.69) is 4.90 Å². The van der Waals surface area contributed by atoms with Crippen molar-refractivity contribution < 1.29 is 5.21 Å². The average Bonchev–Trinajstić information content (AvgIpc) is 1.64. The van der Waals surface area contributed by atoms with Crippen molar-refractivity contribution in [2.45, 2.75) is 6.42 Å². The van der Waals surface area contributed by atoms with Crippen molar-refractivity contribution >= 4 is 0 Å². The van der Waals surface area contributed by atoms with Gasteiger partial charge in [0.1, 0.15) is 0 Å². The SMILES string of the molecule is CN1CCCN(O)C1. The van der Waals surface area contributed by atoms with Crippen LogP contribution < -0.4 is 0 Å². The zero-order valence-corrected chi connectivity index (χ0v) is 5.17. The summed E-state index contributed by atoms with van der Waals surface area (Å²) in [7, 11) is 2.00. The normalized spacial score (nSPS) is 26.2. The molecule has 1 fully saturated rings. The van der Waals surface area contributed by atoms with E-state index in [1.807, 2.05) is 7.05 Å². The summed E-state index contributed by atoms with van der Waals surface area (Å²) in [5, 5.41) is 10.2. The lowest BCUT2D eigenvalue weighted by Crippen LogP contribution is -2.40. The van der Waals surface area contributed by atoms with E-state index in [0.29, 0.717) is 6.67 Å². The molecule has 0 saturated carbocycles. The average molecular weight is 116 g/mol. The van der Waals surface area contributed by atoms with Crippen LogP contribution in [0.3, 0.4) is 0 Å². The van der Waals surface area contributed by atoms with Gasteiger partial charge < -0.3 is 5.21 Å². The molecule has 1 saturated heterocycles. The Morgan fingerprint density at radius 3 is 2.50 bits per heavy atom. The molecule has 0 atom stereocenters. The van der Waals surface area contributed by atoms with Crippen molar-refractivity contribution in [1.82, 2.24) is 9.96 Å². The van der Waals surface area contributed by atoms with Crippen LogP contribution in [0.1, 0.15) is 6.42 Å². The molecule has 0 spiro atoms. The molecule has 0 amide bonds. The Labute approximate surface area is 49.5 Å². The van der Waals surface area contributed by atoms with Crippen molar-refractivity contribution in [1.29, 1.82) is 0 Å². The van der Waals surface area contributed by atoms with Gasteiger partial charge in [0.15, 0.2) is 0 Å². The van der Waals surface area contributed by atoms with E-state index in [1.165, 1.54) is 5.06 Å². The van der Waals surface area contributed by atoms with Crippen LogP contribution in [0.15, 0.2) is 0 Å². The Kier molecular flexibility index (Phi) is 1.83. The molecule has 0 radical (unpaired) electrons. The van der Waals surface area contributed by atoms with Gasteiger partial charge in [0.05, 0.1) is 6.67 Å². The van der Waals surface area contributed by atoms with Gasteiger partial charge in [0.25, 0.3) is 0 Å². The lowest BCUT2D eigenvalue weighted by molar-refractivity contribution is -0.139. The maximum absolute atomic E-state index is 8.87. The van der Waals surface area contributed by atoms with Gasteiger partial charge in [-0.15, -0.1) is 0 Å². The summed E-state index contributed by atoms with van der Waals surface area (Å²) >= 11 is 0. The lowest BCUT2D eigenvalue weighted by Gasteiger charge is -2.27. The summed E-state index contributed by atoms with van der Waals surface area (Å²) in [6, 6.07) is 0. The topological polar surface area (TPSA) is 26.7 Å². The summed E-state index contributed by atoms with van der Waals surface area (Å²) in [5.41, 5.74) is 0. The number of hydrogen-bond acceptors (Lipinski definition) is 3. The smallest absolute Gasteiger partial charge is 0.0751 e. The van der Waals surface area contributed by atoms with Crippen molar-refractivity contribution in [3.63, 3.8) is 0 Å². The molecule has 1 rings (SSSR count). The first-order chi connectivity index (χ1) is 3.79. The highest BCUT2D eigenvalue weighted by Gasteiger charge is 2.09. The highest BCUT2D eigenvalue weighted by Crippen LogP contribution is 1.98. The summed E-state index contributed by atoms with van der Waals surface area (Å²) in [6.07, 6.45) is 1.08. The molecular weight excluding hydrogens is 104 g/mol. The van der Waals surface area contributed by atoms with Crippen molar-refractivity contribution in [2.24, 2.45) is 0 Å². The van der Waals surface area contributed by atoms with E-state index >= 15 is 0 Å². The minimum Gasteiger partial charge on any atom is -0.313 e. The van der Waals surface area contributed by atoms with Gasteiger partial charge in [-0.3, -0.25) is 4.90 Å². The molecule has 1 aliphatic heterocycles. The van der Waals surface area contributed by atoms with Gasteiger partial charge >= 0.3 is 0 Å². The van der Waals surface area contributed by atoms with E-state index in [1.54, 1.807) is 0 Å². The highest BCUT2D eigenvalue weighted by atomic mass is 16.5. The second kappa shape index (κ2) is 2.44. The maximum atomic E-state index is 8.87. The van der Waals surface area contributed by atoms with Gasteiger partial charge in [-0.25, -0.2) is 0 Å². The van der Waals surface area contributed by atoms with Crippen LogP contribution in [-0.2, 0) is 0 Å². The van der Waals surface area contributed by atoms with E-state index in [9.17, 15) is 0 Å². The van der Waals surface area contributed by atoms with Crippen LogP contribution in [0.5, 0.6) is 0 Å². The molecule has 1 N–H and O–H groups in total. The Morgan fingerprint density at radius 1 is 1.38 bits per heavy atom. The molecule has 0 aromatic rings. The van der Waals surface area contributed by atoms with E-state index in [4.69, 9.17) is 5.21 Å². The first-order valence-corrected chi connectivity index (χ1v) is 2.91. The first-order valence-electron chi connectivity index (χ1n) is 2.91. The molecule has 1 heterocycles. The molecule has 0 aromatic carbocycles. The van der Waals surface area contributed by atoms with Gasteiger partial charge in [0.2, 0.25) is 0 Å². The summed E-state index contributed by atoms with van der Waals surface area (Å²) in [4.78, 5) is 2.09. The molecule has 0 aromatic heterocycles. The summed E-state index contributed by atoms with van der Waals surface area (Å²) in [6.45, 7) is 2.63. The number of rotatable bonds is 0. The van der Waals surface area contributed by atoms with Crippen LogP contribution in [0, 0.1) is 0 Å². The largest absolute Gasteiger partial charge is 0.313 e. The molecule has 0 aliphatic carbocycles. The Hall–Kier alpha value is -0.120. The van der Waals surface area contributed by atoms with E-state index in [-0.39, 0.29) is 0 Å². The third-order valence-corrected chi connectivity index (χ3v) is 1.36. The minimum atomic E-state index is 0.694. The van der Waals surface area contributed by atoms with Gasteiger partial charge in [-0.1, -0.05) is 0 Å². The molecule has 48 valence electrons. The molecular formula is C5H12N2O. The molecule has 0 bridgehead atoms. The Morgan fingerprint density at radius 2 is 2.12 bits per heavy atom. The fourth-order valence-electron chi connectivity index (χ4n) is 0.943. The summed E-state index contributed by atoms with van der Waals surface area (Å²) < 4.78 is 0. The van der Waals surface area contributed by atoms with Crippen LogP contribution in [0.2, 0.25) is 0 Å². The minimum absolute atomic E-state index is 0.694. The lowest BCUT2D eigenvalue weighted by atomic mass is 10.3. The number of nitrogens with zero attached hydrogens (tertiary/aromatic N) is 2. The number of hydrogen-bond donors (Lipinski definition) is 1.